The van der Waals surface area contributed by atoms with Crippen LogP contribution in [0.3, 0.4) is 0 Å². The Morgan fingerprint density at radius 1 is 1.22 bits per heavy atom. The van der Waals surface area contributed by atoms with Gasteiger partial charge in [-0.25, -0.2) is 0 Å². The zero-order chi connectivity index (χ0) is 13.9. The average Bonchev–Trinajstić information content (AvgIpc) is 2.18. The van der Waals surface area contributed by atoms with Gasteiger partial charge in [0.1, 0.15) is 0 Å². The van der Waals surface area contributed by atoms with Gasteiger partial charge in [0, 0.05) is 12.0 Å². The first-order valence-electron chi connectivity index (χ1n) is 6.80. The lowest BCUT2D eigenvalue weighted by molar-refractivity contribution is 0.0953. The molecule has 0 radical (unpaired) electrons. The fourth-order valence-electron chi connectivity index (χ4n) is 2.60. The molecule has 0 saturated heterocycles. The molecule has 1 unspecified atom stereocenters. The van der Waals surface area contributed by atoms with Gasteiger partial charge < -0.3 is 0 Å². The summed E-state index contributed by atoms with van der Waals surface area (Å²) in [5.41, 5.74) is 3.52. The van der Waals surface area contributed by atoms with Crippen molar-refractivity contribution >= 4 is 5.78 Å². The number of rotatable bonds is 4. The van der Waals surface area contributed by atoms with Gasteiger partial charge in [-0.3, -0.25) is 4.79 Å². The summed E-state index contributed by atoms with van der Waals surface area (Å²) in [7, 11) is 0. The summed E-state index contributed by atoms with van der Waals surface area (Å²) in [5.74, 6) is 0.727. The quantitative estimate of drug-likeness (QED) is 0.687. The van der Waals surface area contributed by atoms with Gasteiger partial charge in [-0.15, -0.1) is 0 Å². The third kappa shape index (κ3) is 4.29. The van der Waals surface area contributed by atoms with Crippen molar-refractivity contribution in [3.8, 4) is 0 Å². The summed E-state index contributed by atoms with van der Waals surface area (Å²) in [5, 5.41) is 0. The lowest BCUT2D eigenvalue weighted by Crippen LogP contribution is -2.15. The molecule has 100 valence electrons. The smallest absolute Gasteiger partial charge is 0.163 e. The molecule has 0 fully saturated rings. The maximum atomic E-state index is 12.3. The number of carbonyl (C=O) groups excluding carboxylic acids is 1. The second kappa shape index (κ2) is 5.69. The Bertz CT molecular complexity index is 424. The number of aryl methyl sites for hydroxylation is 1. The van der Waals surface area contributed by atoms with E-state index in [1.165, 1.54) is 5.56 Å². The van der Waals surface area contributed by atoms with Crippen molar-refractivity contribution < 1.29 is 4.79 Å². The monoisotopic (exact) mass is 246 g/mol. The maximum Gasteiger partial charge on any atom is 0.163 e. The molecule has 0 bridgehead atoms. The van der Waals surface area contributed by atoms with Crippen LogP contribution in [-0.2, 0) is 0 Å². The minimum atomic E-state index is 0.285. The lowest BCUT2D eigenvalue weighted by Gasteiger charge is -2.23. The van der Waals surface area contributed by atoms with Crippen LogP contribution in [-0.4, -0.2) is 5.78 Å². The van der Waals surface area contributed by atoms with E-state index in [2.05, 4.69) is 40.7 Å². The van der Waals surface area contributed by atoms with Crippen molar-refractivity contribution in [2.75, 3.05) is 0 Å². The Balaban J connectivity index is 2.74. The van der Waals surface area contributed by atoms with E-state index >= 15 is 0 Å². The van der Waals surface area contributed by atoms with Crippen molar-refractivity contribution in [2.24, 2.45) is 11.3 Å². The first-order valence-corrected chi connectivity index (χ1v) is 6.80. The Morgan fingerprint density at radius 2 is 1.83 bits per heavy atom. The van der Waals surface area contributed by atoms with Crippen LogP contribution in [0.25, 0.3) is 0 Å². The SMILES string of the molecule is Cc1cccc(C(=O)CC(C)CC(C)(C)C)c1C. The third-order valence-electron chi connectivity index (χ3n) is 3.40. The van der Waals surface area contributed by atoms with Crippen molar-refractivity contribution in [3.05, 3.63) is 34.9 Å². The summed E-state index contributed by atoms with van der Waals surface area (Å²) >= 11 is 0. The van der Waals surface area contributed by atoms with Gasteiger partial charge in [-0.05, 0) is 42.7 Å². The number of ketones is 1. The van der Waals surface area contributed by atoms with Crippen LogP contribution in [0.15, 0.2) is 18.2 Å². The fraction of sp³-hybridized carbons (Fsp3) is 0.588. The normalized spacial score (nSPS) is 13.4. The predicted octanol–water partition coefficient (Wildman–Crippen LogP) is 4.95. The van der Waals surface area contributed by atoms with E-state index < -0.39 is 0 Å². The molecule has 0 aliphatic heterocycles. The van der Waals surface area contributed by atoms with Crippen LogP contribution in [0, 0.1) is 25.2 Å². The van der Waals surface area contributed by atoms with Gasteiger partial charge in [0.05, 0.1) is 0 Å². The molecule has 0 heterocycles. The molecule has 0 N–H and O–H groups in total. The molecule has 18 heavy (non-hydrogen) atoms. The lowest BCUT2D eigenvalue weighted by atomic mass is 9.82. The van der Waals surface area contributed by atoms with E-state index in [0.717, 1.165) is 17.5 Å². The van der Waals surface area contributed by atoms with Crippen LogP contribution in [0.4, 0.5) is 0 Å². The first kappa shape index (κ1) is 14.9. The van der Waals surface area contributed by atoms with E-state index in [1.54, 1.807) is 0 Å². The molecule has 1 aromatic rings. The molecule has 0 aliphatic carbocycles. The number of carbonyl (C=O) groups is 1. The highest BCUT2D eigenvalue weighted by Gasteiger charge is 2.19. The topological polar surface area (TPSA) is 17.1 Å². The zero-order valence-electron chi connectivity index (χ0n) is 12.6. The number of Topliss-reactive ketones (excluding diaryl/α,β-unsaturated/α-hetero) is 1. The minimum Gasteiger partial charge on any atom is -0.294 e. The summed E-state index contributed by atoms with van der Waals surface area (Å²) in [6, 6.07) is 5.99. The maximum absolute atomic E-state index is 12.3. The van der Waals surface area contributed by atoms with E-state index in [4.69, 9.17) is 0 Å². The van der Waals surface area contributed by atoms with E-state index in [9.17, 15) is 4.79 Å². The molecule has 1 aromatic carbocycles. The van der Waals surface area contributed by atoms with E-state index in [-0.39, 0.29) is 5.78 Å². The average molecular weight is 246 g/mol. The molecule has 1 atom stereocenters. The largest absolute Gasteiger partial charge is 0.294 e. The van der Waals surface area contributed by atoms with Crippen molar-refractivity contribution in [1.82, 2.24) is 0 Å². The number of benzene rings is 1. The van der Waals surface area contributed by atoms with E-state index in [0.29, 0.717) is 17.8 Å². The summed E-state index contributed by atoms with van der Waals surface area (Å²) in [6.07, 6.45) is 1.74. The molecule has 0 aliphatic rings. The molecular weight excluding hydrogens is 220 g/mol. The van der Waals surface area contributed by atoms with E-state index in [1.807, 2.05) is 19.1 Å². The van der Waals surface area contributed by atoms with Crippen molar-refractivity contribution in [3.63, 3.8) is 0 Å². The van der Waals surface area contributed by atoms with Crippen LogP contribution in [0.2, 0.25) is 0 Å². The molecule has 0 saturated carbocycles. The zero-order valence-corrected chi connectivity index (χ0v) is 12.6. The van der Waals surface area contributed by atoms with Crippen molar-refractivity contribution in [2.45, 2.75) is 54.4 Å². The van der Waals surface area contributed by atoms with Crippen LogP contribution in [0.5, 0.6) is 0 Å². The van der Waals surface area contributed by atoms with Gasteiger partial charge in [-0.2, -0.15) is 0 Å². The number of hydrogen-bond acceptors (Lipinski definition) is 1. The molecular formula is C17H26O. The molecule has 0 spiro atoms. The predicted molar refractivity (Wildman–Crippen MR) is 78.1 cm³/mol. The Morgan fingerprint density at radius 3 is 2.39 bits per heavy atom. The van der Waals surface area contributed by atoms with Crippen molar-refractivity contribution in [1.29, 1.82) is 0 Å². The Labute approximate surface area is 112 Å². The van der Waals surface area contributed by atoms with Crippen LogP contribution in [0.1, 0.15) is 62.0 Å². The molecule has 1 heteroatoms. The standard InChI is InChI=1S/C17H26O/c1-12(11-17(4,5)6)10-16(18)15-9-7-8-13(2)14(15)3/h7-9,12H,10-11H2,1-6H3. The second-order valence-corrected chi connectivity index (χ2v) is 6.74. The Hall–Kier alpha value is -1.11. The molecule has 0 aromatic heterocycles. The highest BCUT2D eigenvalue weighted by atomic mass is 16.1. The molecule has 1 rings (SSSR count). The summed E-state index contributed by atoms with van der Waals surface area (Å²) < 4.78 is 0. The van der Waals surface area contributed by atoms with Gasteiger partial charge >= 0.3 is 0 Å². The first-order chi connectivity index (χ1) is 8.20. The summed E-state index contributed by atoms with van der Waals surface area (Å²) in [6.45, 7) is 13.0. The molecule has 0 amide bonds. The number of hydrogen-bond donors (Lipinski definition) is 0. The third-order valence-corrected chi connectivity index (χ3v) is 3.40. The van der Waals surface area contributed by atoms with Gasteiger partial charge in [0.25, 0.3) is 0 Å². The van der Waals surface area contributed by atoms with Gasteiger partial charge in [0.2, 0.25) is 0 Å². The highest BCUT2D eigenvalue weighted by molar-refractivity contribution is 5.97. The van der Waals surface area contributed by atoms with Crippen LogP contribution >= 0.6 is 0 Å². The second-order valence-electron chi connectivity index (χ2n) is 6.74. The molecule has 1 nitrogen and oxygen atoms in total. The summed E-state index contributed by atoms with van der Waals surface area (Å²) in [4.78, 5) is 12.3. The Kier molecular flexibility index (Phi) is 4.72. The van der Waals surface area contributed by atoms with Gasteiger partial charge in [0.15, 0.2) is 5.78 Å². The fourth-order valence-corrected chi connectivity index (χ4v) is 2.60. The van der Waals surface area contributed by atoms with Crippen LogP contribution < -0.4 is 0 Å². The van der Waals surface area contributed by atoms with Gasteiger partial charge in [-0.1, -0.05) is 45.9 Å². The highest BCUT2D eigenvalue weighted by Crippen LogP contribution is 2.27. The minimum absolute atomic E-state index is 0.285.